The topological polar surface area (TPSA) is 0 Å². The summed E-state index contributed by atoms with van der Waals surface area (Å²) in [5, 5.41) is 0. The molecule has 0 N–H and O–H groups in total. The van der Waals surface area contributed by atoms with Crippen molar-refractivity contribution in [3.05, 3.63) is 0 Å². The van der Waals surface area contributed by atoms with Crippen molar-refractivity contribution >= 4 is 0 Å². The molecule has 3 atom stereocenters. The zero-order chi connectivity index (χ0) is 12.8. The van der Waals surface area contributed by atoms with Gasteiger partial charge in [-0.25, -0.2) is 0 Å². The number of hydrogen-bond donors (Lipinski definition) is 0. The lowest BCUT2D eigenvalue weighted by molar-refractivity contribution is -0.204. The van der Waals surface area contributed by atoms with E-state index < -0.39 is 12.1 Å². The van der Waals surface area contributed by atoms with Crippen LogP contribution in [0.5, 0.6) is 0 Å². The van der Waals surface area contributed by atoms with Crippen molar-refractivity contribution in [2.24, 2.45) is 17.8 Å². The zero-order valence-electron chi connectivity index (χ0n) is 10.9. The molecule has 0 aliphatic rings. The Balaban J connectivity index is 4.76. The van der Waals surface area contributed by atoms with Crippen molar-refractivity contribution in [1.29, 1.82) is 0 Å². The first-order valence-electron chi connectivity index (χ1n) is 6.45. The van der Waals surface area contributed by atoms with Crippen LogP contribution in [-0.4, -0.2) is 6.18 Å². The maximum atomic E-state index is 13.1. The minimum Gasteiger partial charge on any atom is -0.171 e. The van der Waals surface area contributed by atoms with E-state index in [-0.39, 0.29) is 11.8 Å². The highest BCUT2D eigenvalue weighted by Gasteiger charge is 2.46. The van der Waals surface area contributed by atoms with Crippen LogP contribution in [0.15, 0.2) is 0 Å². The molecule has 0 aliphatic carbocycles. The van der Waals surface area contributed by atoms with Gasteiger partial charge in [-0.3, -0.25) is 0 Å². The number of rotatable bonds is 7. The van der Waals surface area contributed by atoms with Gasteiger partial charge in [0.15, 0.2) is 0 Å². The number of alkyl halides is 3. The Kier molecular flexibility index (Phi) is 7.09. The van der Waals surface area contributed by atoms with Crippen molar-refractivity contribution in [2.45, 2.75) is 66.0 Å². The van der Waals surface area contributed by atoms with E-state index >= 15 is 0 Å². The summed E-state index contributed by atoms with van der Waals surface area (Å²) in [6.45, 7) is 7.53. The van der Waals surface area contributed by atoms with E-state index in [0.29, 0.717) is 19.3 Å². The number of halogens is 3. The van der Waals surface area contributed by atoms with Gasteiger partial charge in [0.25, 0.3) is 0 Å². The van der Waals surface area contributed by atoms with E-state index in [1.807, 2.05) is 20.8 Å². The summed E-state index contributed by atoms with van der Waals surface area (Å²) in [5.41, 5.74) is 0. The molecule has 0 aromatic carbocycles. The summed E-state index contributed by atoms with van der Waals surface area (Å²) in [6.07, 6.45) is -0.379. The lowest BCUT2D eigenvalue weighted by Gasteiger charge is -2.33. The summed E-state index contributed by atoms with van der Waals surface area (Å²) < 4.78 is 39.2. The molecule has 3 unspecified atom stereocenters. The molecule has 0 amide bonds. The van der Waals surface area contributed by atoms with Crippen molar-refractivity contribution in [2.75, 3.05) is 0 Å². The molecule has 0 rings (SSSR count). The minimum absolute atomic E-state index is 0.202. The average Bonchev–Trinajstić information content (AvgIpc) is 2.15. The van der Waals surface area contributed by atoms with Gasteiger partial charge in [-0.15, -0.1) is 0 Å². The van der Waals surface area contributed by atoms with Gasteiger partial charge in [-0.2, -0.15) is 13.2 Å². The normalized spacial score (nSPS) is 18.2. The van der Waals surface area contributed by atoms with Gasteiger partial charge in [0.1, 0.15) is 0 Å². The second kappa shape index (κ2) is 7.18. The largest absolute Gasteiger partial charge is 0.392 e. The Morgan fingerprint density at radius 3 is 1.75 bits per heavy atom. The average molecular weight is 238 g/mol. The van der Waals surface area contributed by atoms with Crippen LogP contribution in [-0.2, 0) is 0 Å². The summed E-state index contributed by atoms with van der Waals surface area (Å²) >= 11 is 0. The minimum atomic E-state index is -4.04. The molecule has 0 heterocycles. The van der Waals surface area contributed by atoms with Gasteiger partial charge in [-0.1, -0.05) is 59.8 Å². The Morgan fingerprint density at radius 1 is 0.938 bits per heavy atom. The molecular weight excluding hydrogens is 213 g/mol. The first kappa shape index (κ1) is 15.8. The fraction of sp³-hybridized carbons (Fsp3) is 1.00. The van der Waals surface area contributed by atoms with Gasteiger partial charge in [0.2, 0.25) is 0 Å². The SMILES string of the molecule is CCCC(C)C(C(CC)CCC)C(F)(F)F. The summed E-state index contributed by atoms with van der Waals surface area (Å²) in [7, 11) is 0. The van der Waals surface area contributed by atoms with Crippen LogP contribution >= 0.6 is 0 Å². The molecular formula is C13H25F3. The Bertz CT molecular complexity index is 175. The standard InChI is InChI=1S/C13H25F3/c1-5-8-10(4)12(13(14,15)16)11(7-3)9-6-2/h10-12H,5-9H2,1-4H3. The van der Waals surface area contributed by atoms with Gasteiger partial charge >= 0.3 is 6.18 Å². The lowest BCUT2D eigenvalue weighted by Crippen LogP contribution is -2.35. The Morgan fingerprint density at radius 2 is 1.44 bits per heavy atom. The van der Waals surface area contributed by atoms with E-state index in [0.717, 1.165) is 12.8 Å². The van der Waals surface area contributed by atoms with Crippen molar-refractivity contribution in [3.8, 4) is 0 Å². The van der Waals surface area contributed by atoms with E-state index in [1.54, 1.807) is 6.92 Å². The second-order valence-corrected chi connectivity index (χ2v) is 4.79. The third-order valence-corrected chi connectivity index (χ3v) is 3.43. The zero-order valence-corrected chi connectivity index (χ0v) is 10.9. The number of hydrogen-bond acceptors (Lipinski definition) is 0. The summed E-state index contributed by atoms with van der Waals surface area (Å²) in [4.78, 5) is 0. The molecule has 98 valence electrons. The van der Waals surface area contributed by atoms with E-state index in [4.69, 9.17) is 0 Å². The fourth-order valence-electron chi connectivity index (χ4n) is 2.70. The smallest absolute Gasteiger partial charge is 0.171 e. The van der Waals surface area contributed by atoms with Gasteiger partial charge in [0, 0.05) is 0 Å². The first-order chi connectivity index (χ1) is 7.38. The highest BCUT2D eigenvalue weighted by molar-refractivity contribution is 4.80. The van der Waals surface area contributed by atoms with Crippen molar-refractivity contribution < 1.29 is 13.2 Å². The molecule has 0 fully saturated rings. The third-order valence-electron chi connectivity index (χ3n) is 3.43. The monoisotopic (exact) mass is 238 g/mol. The van der Waals surface area contributed by atoms with Crippen LogP contribution in [0.4, 0.5) is 13.2 Å². The van der Waals surface area contributed by atoms with Crippen LogP contribution in [0.3, 0.4) is 0 Å². The van der Waals surface area contributed by atoms with Gasteiger partial charge in [-0.05, 0) is 11.8 Å². The highest BCUT2D eigenvalue weighted by Crippen LogP contribution is 2.42. The maximum absolute atomic E-state index is 13.1. The van der Waals surface area contributed by atoms with Crippen LogP contribution in [0, 0.1) is 17.8 Å². The maximum Gasteiger partial charge on any atom is 0.392 e. The summed E-state index contributed by atoms with van der Waals surface area (Å²) in [6, 6.07) is 0. The molecule has 0 saturated heterocycles. The van der Waals surface area contributed by atoms with E-state index in [1.165, 1.54) is 0 Å². The molecule has 0 aromatic rings. The molecule has 0 bridgehead atoms. The molecule has 0 saturated carbocycles. The lowest BCUT2D eigenvalue weighted by atomic mass is 9.76. The second-order valence-electron chi connectivity index (χ2n) is 4.79. The predicted octanol–water partition coefficient (Wildman–Crippen LogP) is 5.43. The van der Waals surface area contributed by atoms with E-state index in [9.17, 15) is 13.2 Å². The van der Waals surface area contributed by atoms with Gasteiger partial charge < -0.3 is 0 Å². The fourth-order valence-corrected chi connectivity index (χ4v) is 2.70. The highest BCUT2D eigenvalue weighted by atomic mass is 19.4. The first-order valence-corrected chi connectivity index (χ1v) is 6.45. The predicted molar refractivity (Wildman–Crippen MR) is 62.3 cm³/mol. The summed E-state index contributed by atoms with van der Waals surface area (Å²) in [5.74, 6) is -1.56. The molecule has 0 radical (unpaired) electrons. The van der Waals surface area contributed by atoms with Crippen LogP contribution in [0.1, 0.15) is 59.8 Å². The van der Waals surface area contributed by atoms with Crippen molar-refractivity contribution in [3.63, 3.8) is 0 Å². The van der Waals surface area contributed by atoms with Crippen LogP contribution < -0.4 is 0 Å². The molecule has 0 aliphatic heterocycles. The molecule has 0 aromatic heterocycles. The molecule has 0 spiro atoms. The van der Waals surface area contributed by atoms with Gasteiger partial charge in [0.05, 0.1) is 5.92 Å². The molecule has 0 nitrogen and oxygen atoms in total. The molecule has 16 heavy (non-hydrogen) atoms. The van der Waals surface area contributed by atoms with E-state index in [2.05, 4.69) is 0 Å². The Hall–Kier alpha value is -0.210. The van der Waals surface area contributed by atoms with Crippen LogP contribution in [0.2, 0.25) is 0 Å². The Labute approximate surface area is 97.6 Å². The molecule has 3 heteroatoms. The van der Waals surface area contributed by atoms with Crippen molar-refractivity contribution in [1.82, 2.24) is 0 Å². The van der Waals surface area contributed by atoms with Crippen LogP contribution in [0.25, 0.3) is 0 Å². The quantitative estimate of drug-likeness (QED) is 0.555. The third kappa shape index (κ3) is 4.75.